The topological polar surface area (TPSA) is 35.2 Å². The summed E-state index contributed by atoms with van der Waals surface area (Å²) in [5, 5.41) is 3.67. The van der Waals surface area contributed by atoms with Crippen LogP contribution < -0.4 is 0 Å². The van der Waals surface area contributed by atoms with Crippen LogP contribution in [0, 0.1) is 0 Å². The number of fused-ring (bicyclic) bond motifs is 2. The Labute approximate surface area is 180 Å². The van der Waals surface area contributed by atoms with Crippen LogP contribution in [0.3, 0.4) is 0 Å². The fraction of sp³-hybridized carbons (Fsp3) is 0.261. The Morgan fingerprint density at radius 2 is 1.69 bits per heavy atom. The van der Waals surface area contributed by atoms with Crippen LogP contribution in [0.1, 0.15) is 5.56 Å². The lowest BCUT2D eigenvalue weighted by atomic mass is 10.0. The molecule has 29 heavy (non-hydrogen) atoms. The Kier molecular flexibility index (Phi) is 4.96. The molecule has 0 spiro atoms. The maximum Gasteiger partial charge on any atom is 0.0734 e. The van der Waals surface area contributed by atoms with E-state index in [4.69, 9.17) is 28.2 Å². The van der Waals surface area contributed by atoms with Crippen molar-refractivity contribution in [3.05, 3.63) is 64.3 Å². The summed E-state index contributed by atoms with van der Waals surface area (Å²) in [5.74, 6) is 0. The first-order chi connectivity index (χ1) is 14.1. The van der Waals surface area contributed by atoms with Crippen molar-refractivity contribution in [2.24, 2.45) is 0 Å². The summed E-state index contributed by atoms with van der Waals surface area (Å²) in [5.41, 5.74) is 5.26. The van der Waals surface area contributed by atoms with Crippen molar-refractivity contribution in [2.75, 3.05) is 33.2 Å². The Morgan fingerprint density at radius 1 is 0.931 bits per heavy atom. The normalized spacial score (nSPS) is 16.1. The first kappa shape index (κ1) is 18.9. The lowest BCUT2D eigenvalue weighted by molar-refractivity contribution is 0.148. The highest BCUT2D eigenvalue weighted by molar-refractivity contribution is 6.31. The molecular formula is C23H22Cl2N4. The predicted octanol–water partition coefficient (Wildman–Crippen LogP) is 5.44. The second-order valence-electron chi connectivity index (χ2n) is 7.80. The summed E-state index contributed by atoms with van der Waals surface area (Å²) < 4.78 is 0. The summed E-state index contributed by atoms with van der Waals surface area (Å²) >= 11 is 12.6. The number of rotatable bonds is 3. The van der Waals surface area contributed by atoms with E-state index in [9.17, 15) is 0 Å². The number of aromatic amines is 1. The van der Waals surface area contributed by atoms with Gasteiger partial charge in [0.15, 0.2) is 0 Å². The van der Waals surface area contributed by atoms with Gasteiger partial charge in [0, 0.05) is 70.8 Å². The third kappa shape index (κ3) is 3.74. The first-order valence-electron chi connectivity index (χ1n) is 9.84. The second-order valence-corrected chi connectivity index (χ2v) is 8.67. The molecule has 4 aromatic rings. The van der Waals surface area contributed by atoms with Crippen LogP contribution in [0.25, 0.3) is 33.1 Å². The van der Waals surface area contributed by atoms with Crippen LogP contribution in [0.5, 0.6) is 0 Å². The molecular weight excluding hydrogens is 403 g/mol. The van der Waals surface area contributed by atoms with Gasteiger partial charge < -0.3 is 9.88 Å². The standard InChI is InChI=1S/C23H22Cl2N4/c1-28-6-8-29(9-7-28)14-15-10-22(27-23-12-17(25)2-4-18(15)23)20-13-26-21-5-3-16(24)11-19(20)21/h2-5,10-13,26H,6-9,14H2,1H3. The predicted molar refractivity (Wildman–Crippen MR) is 122 cm³/mol. The van der Waals surface area contributed by atoms with Crippen LogP contribution >= 0.6 is 23.2 Å². The highest BCUT2D eigenvalue weighted by Crippen LogP contribution is 2.33. The molecule has 3 heterocycles. The minimum atomic E-state index is 0.703. The molecule has 6 heteroatoms. The molecule has 5 rings (SSSR count). The number of H-pyrrole nitrogens is 1. The van der Waals surface area contributed by atoms with Gasteiger partial charge in [-0.2, -0.15) is 0 Å². The van der Waals surface area contributed by atoms with Crippen LogP contribution in [0.15, 0.2) is 48.7 Å². The van der Waals surface area contributed by atoms with E-state index < -0.39 is 0 Å². The van der Waals surface area contributed by atoms with Crippen molar-refractivity contribution < 1.29 is 0 Å². The number of likely N-dealkylation sites (N-methyl/N-ethyl adjacent to an activating group) is 1. The third-order valence-corrected chi connectivity index (χ3v) is 6.24. The molecule has 1 aliphatic rings. The Bertz CT molecular complexity index is 1190. The van der Waals surface area contributed by atoms with Gasteiger partial charge in [-0.1, -0.05) is 29.3 Å². The minimum absolute atomic E-state index is 0.703. The van der Waals surface area contributed by atoms with Crippen LogP contribution in [-0.4, -0.2) is 53.0 Å². The van der Waals surface area contributed by atoms with Gasteiger partial charge >= 0.3 is 0 Å². The molecule has 2 aromatic heterocycles. The molecule has 1 saturated heterocycles. The zero-order valence-corrected chi connectivity index (χ0v) is 17.8. The number of hydrogen-bond donors (Lipinski definition) is 1. The van der Waals surface area contributed by atoms with E-state index in [2.05, 4.69) is 34.0 Å². The average molecular weight is 425 g/mol. The molecule has 0 aliphatic carbocycles. The van der Waals surface area contributed by atoms with Gasteiger partial charge in [0.1, 0.15) is 0 Å². The number of benzene rings is 2. The van der Waals surface area contributed by atoms with E-state index in [0.717, 1.165) is 70.8 Å². The second kappa shape index (κ2) is 7.62. The molecule has 0 radical (unpaired) electrons. The Balaban J connectivity index is 1.63. The summed E-state index contributed by atoms with van der Waals surface area (Å²) in [4.78, 5) is 13.2. The number of nitrogens with zero attached hydrogens (tertiary/aromatic N) is 3. The number of hydrogen-bond acceptors (Lipinski definition) is 3. The molecule has 0 amide bonds. The van der Waals surface area contributed by atoms with Gasteiger partial charge in [0.05, 0.1) is 11.2 Å². The molecule has 0 unspecified atom stereocenters. The summed E-state index contributed by atoms with van der Waals surface area (Å²) in [7, 11) is 2.18. The molecule has 1 fully saturated rings. The largest absolute Gasteiger partial charge is 0.360 e. The third-order valence-electron chi connectivity index (χ3n) is 5.77. The Hall–Kier alpha value is -2.11. The highest BCUT2D eigenvalue weighted by Gasteiger charge is 2.17. The van der Waals surface area contributed by atoms with Crippen LogP contribution in [0.2, 0.25) is 10.0 Å². The van der Waals surface area contributed by atoms with Crippen molar-refractivity contribution in [3.8, 4) is 11.3 Å². The quantitative estimate of drug-likeness (QED) is 0.475. The maximum absolute atomic E-state index is 6.29. The van der Waals surface area contributed by atoms with Crippen molar-refractivity contribution in [1.82, 2.24) is 19.8 Å². The Morgan fingerprint density at radius 3 is 2.52 bits per heavy atom. The van der Waals surface area contributed by atoms with Crippen LogP contribution in [-0.2, 0) is 6.54 Å². The van der Waals surface area contributed by atoms with Gasteiger partial charge in [-0.3, -0.25) is 4.90 Å². The molecule has 2 aromatic carbocycles. The monoisotopic (exact) mass is 424 g/mol. The number of pyridine rings is 1. The van der Waals surface area contributed by atoms with Crippen molar-refractivity contribution >= 4 is 45.0 Å². The lowest BCUT2D eigenvalue weighted by Crippen LogP contribution is -2.43. The molecule has 0 saturated carbocycles. The van der Waals surface area contributed by atoms with E-state index in [1.54, 1.807) is 0 Å². The molecule has 4 nitrogen and oxygen atoms in total. The van der Waals surface area contributed by atoms with Crippen molar-refractivity contribution in [1.29, 1.82) is 0 Å². The SMILES string of the molecule is CN1CCN(Cc2cc(-c3c[nH]c4ccc(Cl)cc34)nc3cc(Cl)ccc23)CC1. The summed E-state index contributed by atoms with van der Waals surface area (Å²) in [6, 6.07) is 14.1. The molecule has 0 bridgehead atoms. The van der Waals surface area contributed by atoms with E-state index in [-0.39, 0.29) is 0 Å². The van der Waals surface area contributed by atoms with Gasteiger partial charge in [0.2, 0.25) is 0 Å². The lowest BCUT2D eigenvalue weighted by Gasteiger charge is -2.32. The molecule has 1 N–H and O–H groups in total. The zero-order chi connectivity index (χ0) is 20.0. The number of halogens is 2. The van der Waals surface area contributed by atoms with E-state index >= 15 is 0 Å². The number of nitrogens with one attached hydrogen (secondary N) is 1. The smallest absolute Gasteiger partial charge is 0.0734 e. The van der Waals surface area contributed by atoms with Gasteiger partial charge in [0.25, 0.3) is 0 Å². The minimum Gasteiger partial charge on any atom is -0.360 e. The summed E-state index contributed by atoms with van der Waals surface area (Å²) in [6.45, 7) is 5.26. The molecule has 148 valence electrons. The van der Waals surface area contributed by atoms with Crippen molar-refractivity contribution in [2.45, 2.75) is 6.54 Å². The molecule has 0 atom stereocenters. The van der Waals surface area contributed by atoms with E-state index in [1.807, 2.05) is 36.5 Å². The van der Waals surface area contributed by atoms with Gasteiger partial charge in [-0.15, -0.1) is 0 Å². The van der Waals surface area contributed by atoms with E-state index in [1.165, 1.54) is 5.56 Å². The van der Waals surface area contributed by atoms with Gasteiger partial charge in [-0.05, 0) is 49.0 Å². The van der Waals surface area contributed by atoms with Crippen molar-refractivity contribution in [3.63, 3.8) is 0 Å². The fourth-order valence-corrected chi connectivity index (χ4v) is 4.43. The zero-order valence-electron chi connectivity index (χ0n) is 16.3. The average Bonchev–Trinajstić information content (AvgIpc) is 3.12. The maximum atomic E-state index is 6.29. The molecule has 1 aliphatic heterocycles. The first-order valence-corrected chi connectivity index (χ1v) is 10.6. The number of aromatic nitrogens is 2. The number of piperazine rings is 1. The highest BCUT2D eigenvalue weighted by atomic mass is 35.5. The van der Waals surface area contributed by atoms with E-state index in [0.29, 0.717) is 5.02 Å². The summed E-state index contributed by atoms with van der Waals surface area (Å²) in [6.07, 6.45) is 2.01. The van der Waals surface area contributed by atoms with Gasteiger partial charge in [-0.25, -0.2) is 4.98 Å². The van der Waals surface area contributed by atoms with Crippen LogP contribution in [0.4, 0.5) is 0 Å². The fourth-order valence-electron chi connectivity index (χ4n) is 4.09.